The Hall–Kier alpha value is -1.72. The fourth-order valence-corrected chi connectivity index (χ4v) is 2.63. The second-order valence-electron chi connectivity index (χ2n) is 5.47. The van der Waals surface area contributed by atoms with Crippen molar-refractivity contribution >= 4 is 0 Å². The zero-order valence-corrected chi connectivity index (χ0v) is 12.2. The molecule has 5 nitrogen and oxygen atoms in total. The zero-order chi connectivity index (χ0) is 14.3. The van der Waals surface area contributed by atoms with E-state index in [0.717, 1.165) is 45.0 Å². The molecule has 1 aliphatic rings. The van der Waals surface area contributed by atoms with Crippen LogP contribution in [-0.2, 0) is 24.2 Å². The average molecular weight is 286 g/mol. The van der Waals surface area contributed by atoms with Crippen molar-refractivity contribution in [3.05, 3.63) is 48.0 Å². The minimum Gasteiger partial charge on any atom is -0.380 e. The summed E-state index contributed by atoms with van der Waals surface area (Å²) in [5.74, 6) is 0.997. The third kappa shape index (κ3) is 4.12. The van der Waals surface area contributed by atoms with Crippen molar-refractivity contribution < 1.29 is 4.74 Å². The van der Waals surface area contributed by atoms with Crippen LogP contribution in [0.1, 0.15) is 24.2 Å². The molecule has 2 heterocycles. The van der Waals surface area contributed by atoms with Gasteiger partial charge in [0, 0.05) is 19.2 Å². The number of nitrogens with one attached hydrogen (secondary N) is 1. The molecule has 0 bridgehead atoms. The van der Waals surface area contributed by atoms with Crippen molar-refractivity contribution in [1.29, 1.82) is 0 Å². The van der Waals surface area contributed by atoms with Gasteiger partial charge in [0.1, 0.15) is 12.2 Å². The topological polar surface area (TPSA) is 52.0 Å². The minimum absolute atomic E-state index is 0.443. The Bertz CT molecular complexity index is 534. The molecule has 1 aromatic carbocycles. The third-order valence-electron chi connectivity index (χ3n) is 3.89. The highest BCUT2D eigenvalue weighted by atomic mass is 16.5. The van der Waals surface area contributed by atoms with E-state index < -0.39 is 0 Å². The predicted molar refractivity (Wildman–Crippen MR) is 80.8 cm³/mol. The van der Waals surface area contributed by atoms with Gasteiger partial charge in [0.15, 0.2) is 0 Å². The van der Waals surface area contributed by atoms with Gasteiger partial charge in [-0.2, -0.15) is 0 Å². The van der Waals surface area contributed by atoms with Gasteiger partial charge >= 0.3 is 0 Å². The fraction of sp³-hybridized carbons (Fsp3) is 0.500. The van der Waals surface area contributed by atoms with E-state index in [9.17, 15) is 0 Å². The molecule has 0 aliphatic carbocycles. The van der Waals surface area contributed by atoms with Crippen LogP contribution in [0.2, 0.25) is 0 Å². The standard InChI is InChI=1S/C16H22N4O/c1-2-5-14(6-3-1)8-9-20-13-18-19-16(20)11-17-15-7-4-10-21-12-15/h1-3,5-6,13,15,17H,4,7-12H2/t15-/m1/s1. The Morgan fingerprint density at radius 3 is 3.00 bits per heavy atom. The highest BCUT2D eigenvalue weighted by Crippen LogP contribution is 2.07. The summed E-state index contributed by atoms with van der Waals surface area (Å²) in [6.45, 7) is 3.36. The lowest BCUT2D eigenvalue weighted by molar-refractivity contribution is 0.0696. The molecule has 5 heteroatoms. The lowest BCUT2D eigenvalue weighted by atomic mass is 10.1. The molecule has 0 radical (unpaired) electrons. The molecule has 1 N–H and O–H groups in total. The lowest BCUT2D eigenvalue weighted by Crippen LogP contribution is -2.36. The number of benzene rings is 1. The minimum atomic E-state index is 0.443. The van der Waals surface area contributed by atoms with Gasteiger partial charge in [-0.3, -0.25) is 0 Å². The second-order valence-corrected chi connectivity index (χ2v) is 5.47. The van der Waals surface area contributed by atoms with E-state index in [1.165, 1.54) is 12.0 Å². The zero-order valence-electron chi connectivity index (χ0n) is 12.2. The molecule has 1 atom stereocenters. The summed E-state index contributed by atoms with van der Waals surface area (Å²) in [4.78, 5) is 0. The number of aryl methyl sites for hydroxylation is 2. The molecule has 0 spiro atoms. The highest BCUT2D eigenvalue weighted by Gasteiger charge is 2.14. The van der Waals surface area contributed by atoms with E-state index >= 15 is 0 Å². The van der Waals surface area contributed by atoms with Crippen molar-refractivity contribution in [2.75, 3.05) is 13.2 Å². The monoisotopic (exact) mass is 286 g/mol. The number of aromatic nitrogens is 3. The lowest BCUT2D eigenvalue weighted by Gasteiger charge is -2.23. The van der Waals surface area contributed by atoms with Crippen molar-refractivity contribution in [3.63, 3.8) is 0 Å². The average Bonchev–Trinajstić information content (AvgIpc) is 3.00. The normalized spacial score (nSPS) is 18.8. The molecular formula is C16H22N4O. The first-order valence-electron chi connectivity index (χ1n) is 7.63. The van der Waals surface area contributed by atoms with Crippen LogP contribution in [0.4, 0.5) is 0 Å². The van der Waals surface area contributed by atoms with Gasteiger partial charge in [0.25, 0.3) is 0 Å². The Morgan fingerprint density at radius 2 is 2.19 bits per heavy atom. The first-order valence-corrected chi connectivity index (χ1v) is 7.63. The van der Waals surface area contributed by atoms with Crippen LogP contribution in [-0.4, -0.2) is 34.0 Å². The number of nitrogens with zero attached hydrogens (tertiary/aromatic N) is 3. The van der Waals surface area contributed by atoms with Gasteiger partial charge in [0.2, 0.25) is 0 Å². The number of ether oxygens (including phenoxy) is 1. The summed E-state index contributed by atoms with van der Waals surface area (Å²) in [7, 11) is 0. The van der Waals surface area contributed by atoms with Crippen LogP contribution < -0.4 is 5.32 Å². The van der Waals surface area contributed by atoms with Crippen LogP contribution in [0, 0.1) is 0 Å². The molecular weight excluding hydrogens is 264 g/mol. The molecule has 1 aromatic heterocycles. The Kier molecular flexibility index (Phi) is 4.97. The Morgan fingerprint density at radius 1 is 1.29 bits per heavy atom. The van der Waals surface area contributed by atoms with E-state index in [2.05, 4.69) is 44.3 Å². The highest BCUT2D eigenvalue weighted by molar-refractivity contribution is 5.14. The van der Waals surface area contributed by atoms with Crippen LogP contribution in [0.15, 0.2) is 36.7 Å². The van der Waals surface area contributed by atoms with Crippen molar-refractivity contribution in [2.45, 2.75) is 38.4 Å². The van der Waals surface area contributed by atoms with Gasteiger partial charge in [0.05, 0.1) is 13.2 Å². The summed E-state index contributed by atoms with van der Waals surface area (Å²) in [5, 5.41) is 11.8. The molecule has 1 fully saturated rings. The van der Waals surface area contributed by atoms with Crippen LogP contribution in [0.5, 0.6) is 0 Å². The smallest absolute Gasteiger partial charge is 0.146 e. The number of rotatable bonds is 6. The van der Waals surface area contributed by atoms with E-state index in [-0.39, 0.29) is 0 Å². The number of hydrogen-bond donors (Lipinski definition) is 1. The summed E-state index contributed by atoms with van der Waals surface area (Å²) in [5.41, 5.74) is 1.34. The van der Waals surface area contributed by atoms with Gasteiger partial charge < -0.3 is 14.6 Å². The van der Waals surface area contributed by atoms with Gasteiger partial charge in [-0.05, 0) is 24.8 Å². The molecule has 3 rings (SSSR count). The number of hydrogen-bond acceptors (Lipinski definition) is 4. The van der Waals surface area contributed by atoms with E-state index in [1.807, 2.05) is 12.4 Å². The molecule has 112 valence electrons. The summed E-state index contributed by atoms with van der Waals surface area (Å²) < 4.78 is 7.61. The van der Waals surface area contributed by atoms with E-state index in [4.69, 9.17) is 4.74 Å². The summed E-state index contributed by atoms with van der Waals surface area (Å²) in [6.07, 6.45) is 5.13. The first kappa shape index (κ1) is 14.2. The van der Waals surface area contributed by atoms with Crippen molar-refractivity contribution in [3.8, 4) is 0 Å². The van der Waals surface area contributed by atoms with Crippen LogP contribution >= 0.6 is 0 Å². The molecule has 1 saturated heterocycles. The maximum Gasteiger partial charge on any atom is 0.146 e. The fourth-order valence-electron chi connectivity index (χ4n) is 2.63. The Balaban J connectivity index is 1.51. The van der Waals surface area contributed by atoms with Crippen LogP contribution in [0.3, 0.4) is 0 Å². The van der Waals surface area contributed by atoms with E-state index in [1.54, 1.807) is 0 Å². The Labute approximate surface area is 125 Å². The first-order chi connectivity index (χ1) is 10.4. The largest absolute Gasteiger partial charge is 0.380 e. The SMILES string of the molecule is c1ccc(CCn2cnnc2CN[C@@H]2CCCOC2)cc1. The maximum atomic E-state index is 5.48. The molecule has 1 aliphatic heterocycles. The quantitative estimate of drug-likeness (QED) is 0.879. The maximum absolute atomic E-state index is 5.48. The summed E-state index contributed by atoms with van der Waals surface area (Å²) in [6, 6.07) is 10.9. The third-order valence-corrected chi connectivity index (χ3v) is 3.89. The van der Waals surface area contributed by atoms with Gasteiger partial charge in [-0.25, -0.2) is 0 Å². The molecule has 0 saturated carbocycles. The summed E-state index contributed by atoms with van der Waals surface area (Å²) >= 11 is 0. The van der Waals surface area contributed by atoms with Gasteiger partial charge in [-0.1, -0.05) is 30.3 Å². The molecule has 21 heavy (non-hydrogen) atoms. The predicted octanol–water partition coefficient (Wildman–Crippen LogP) is 1.79. The molecule has 0 amide bonds. The molecule has 2 aromatic rings. The molecule has 0 unspecified atom stereocenters. The van der Waals surface area contributed by atoms with Crippen molar-refractivity contribution in [1.82, 2.24) is 20.1 Å². The van der Waals surface area contributed by atoms with Gasteiger partial charge in [-0.15, -0.1) is 10.2 Å². The van der Waals surface area contributed by atoms with Crippen LogP contribution in [0.25, 0.3) is 0 Å². The van der Waals surface area contributed by atoms with E-state index in [0.29, 0.717) is 6.04 Å². The second kappa shape index (κ2) is 7.33. The van der Waals surface area contributed by atoms with Crippen molar-refractivity contribution in [2.24, 2.45) is 0 Å².